The lowest BCUT2D eigenvalue weighted by Crippen LogP contribution is -2.30. The van der Waals surface area contributed by atoms with Crippen molar-refractivity contribution in [3.05, 3.63) is 82.4 Å². The van der Waals surface area contributed by atoms with Gasteiger partial charge in [-0.25, -0.2) is 4.39 Å². The molecule has 0 spiro atoms. The van der Waals surface area contributed by atoms with E-state index in [-0.39, 0.29) is 11.3 Å². The molecular weight excluding hydrogens is 319 g/mol. The molecule has 1 aliphatic heterocycles. The summed E-state index contributed by atoms with van der Waals surface area (Å²) in [5, 5.41) is 12.9. The van der Waals surface area contributed by atoms with Gasteiger partial charge in [-0.3, -0.25) is 9.69 Å². The van der Waals surface area contributed by atoms with Crippen LogP contribution in [0.5, 0.6) is 0 Å². The van der Waals surface area contributed by atoms with E-state index in [4.69, 9.17) is 11.6 Å². The molecule has 6 heteroatoms. The molecule has 0 fully saturated rings. The van der Waals surface area contributed by atoms with Crippen LogP contribution < -0.4 is 4.90 Å². The zero-order chi connectivity index (χ0) is 16.6. The fourth-order valence-electron chi connectivity index (χ4n) is 2.59. The topological polar surface area (TPSA) is 46.4 Å². The maximum absolute atomic E-state index is 14.2. The molecule has 1 aliphatic rings. The summed E-state index contributed by atoms with van der Waals surface area (Å²) < 4.78 is 14.7. The van der Waals surface area contributed by atoms with Crippen molar-refractivity contribution >= 4 is 28.9 Å². The summed E-state index contributed by atoms with van der Waals surface area (Å²) in [6.07, 6.45) is 1.33. The van der Waals surface area contributed by atoms with Gasteiger partial charge < -0.3 is 5.21 Å². The Morgan fingerprint density at radius 1 is 1.26 bits per heavy atom. The average molecular weight is 331 g/mol. The lowest BCUT2D eigenvalue weighted by Gasteiger charge is -2.16. The Balaban J connectivity index is 2.35. The minimum absolute atomic E-state index is 0.0679. The molecule has 0 unspecified atom stereocenters. The van der Waals surface area contributed by atoms with E-state index in [0.29, 0.717) is 21.0 Å². The number of rotatable bonds is 2. The summed E-state index contributed by atoms with van der Waals surface area (Å²) in [5.74, 6) is -1.00. The molecule has 1 heterocycles. The molecule has 0 saturated carbocycles. The van der Waals surface area contributed by atoms with E-state index in [1.165, 1.54) is 29.3 Å². The van der Waals surface area contributed by atoms with Crippen LogP contribution in [0.15, 0.2) is 55.2 Å². The van der Waals surface area contributed by atoms with E-state index in [1.54, 1.807) is 24.3 Å². The third kappa shape index (κ3) is 2.59. The fraction of sp³-hybridized carbons (Fsp3) is 0.0588. The molecule has 1 amide bonds. The second-order valence-electron chi connectivity index (χ2n) is 4.97. The van der Waals surface area contributed by atoms with Gasteiger partial charge in [-0.2, -0.15) is 4.74 Å². The standard InChI is InChI=1S/C17H12ClFN2O2/c1-2-20-15-8-7-11(18)9-13(15)17(21(23)10-16(20)22)12-5-3-4-6-14(12)19/h2-9H,1,10H2. The molecule has 0 bridgehead atoms. The lowest BCUT2D eigenvalue weighted by atomic mass is 9.99. The van der Waals surface area contributed by atoms with Crippen molar-refractivity contribution in [1.82, 2.24) is 0 Å². The van der Waals surface area contributed by atoms with Gasteiger partial charge in [0.25, 0.3) is 5.91 Å². The number of carbonyl (C=O) groups is 1. The first-order valence-corrected chi connectivity index (χ1v) is 7.22. The second kappa shape index (κ2) is 5.85. The molecule has 2 aromatic carbocycles. The van der Waals surface area contributed by atoms with Crippen LogP contribution in [0.4, 0.5) is 10.1 Å². The number of halogens is 2. The van der Waals surface area contributed by atoms with Crippen molar-refractivity contribution in [3.63, 3.8) is 0 Å². The highest BCUT2D eigenvalue weighted by atomic mass is 35.5. The number of fused-ring (bicyclic) bond motifs is 1. The van der Waals surface area contributed by atoms with E-state index >= 15 is 0 Å². The monoisotopic (exact) mass is 330 g/mol. The first-order valence-electron chi connectivity index (χ1n) is 6.84. The minimum Gasteiger partial charge on any atom is -0.623 e. The minimum atomic E-state index is -0.547. The number of benzene rings is 2. The van der Waals surface area contributed by atoms with Crippen LogP contribution in [0, 0.1) is 11.0 Å². The number of anilines is 1. The predicted molar refractivity (Wildman–Crippen MR) is 87.2 cm³/mol. The van der Waals surface area contributed by atoms with Crippen molar-refractivity contribution in [2.45, 2.75) is 0 Å². The number of hydrogen-bond acceptors (Lipinski definition) is 2. The summed E-state index contributed by atoms with van der Waals surface area (Å²) in [6.45, 7) is 3.16. The lowest BCUT2D eigenvalue weighted by molar-refractivity contribution is -0.443. The quantitative estimate of drug-likeness (QED) is 0.626. The molecule has 2 aromatic rings. The van der Waals surface area contributed by atoms with Gasteiger partial charge >= 0.3 is 0 Å². The number of amides is 1. The molecule has 23 heavy (non-hydrogen) atoms. The van der Waals surface area contributed by atoms with Gasteiger partial charge in [-0.05, 0) is 30.3 Å². The molecule has 0 N–H and O–H groups in total. The first-order chi connectivity index (χ1) is 11.0. The highest BCUT2D eigenvalue weighted by Gasteiger charge is 2.31. The van der Waals surface area contributed by atoms with Gasteiger partial charge in [-0.15, -0.1) is 0 Å². The van der Waals surface area contributed by atoms with Crippen molar-refractivity contribution in [2.24, 2.45) is 0 Å². The van der Waals surface area contributed by atoms with Gasteiger partial charge in [0, 0.05) is 11.2 Å². The Hall–Kier alpha value is -2.66. The molecule has 0 radical (unpaired) electrons. The van der Waals surface area contributed by atoms with Crippen molar-refractivity contribution in [2.75, 3.05) is 11.4 Å². The van der Waals surface area contributed by atoms with Crippen LogP contribution in [0.1, 0.15) is 11.1 Å². The van der Waals surface area contributed by atoms with E-state index in [9.17, 15) is 14.4 Å². The van der Waals surface area contributed by atoms with Gasteiger partial charge in [0.1, 0.15) is 5.82 Å². The zero-order valence-electron chi connectivity index (χ0n) is 12.0. The van der Waals surface area contributed by atoms with Crippen LogP contribution in [0.25, 0.3) is 0 Å². The Morgan fingerprint density at radius 3 is 2.70 bits per heavy atom. The van der Waals surface area contributed by atoms with E-state index in [0.717, 1.165) is 0 Å². The van der Waals surface area contributed by atoms with Crippen LogP contribution >= 0.6 is 11.6 Å². The van der Waals surface area contributed by atoms with Gasteiger partial charge in [0.15, 0.2) is 0 Å². The molecule has 0 aromatic heterocycles. The maximum Gasteiger partial charge on any atom is 0.297 e. The van der Waals surface area contributed by atoms with Gasteiger partial charge in [0.05, 0.1) is 16.8 Å². The number of carbonyl (C=O) groups excluding carboxylic acids is 1. The van der Waals surface area contributed by atoms with Gasteiger partial charge in [-0.1, -0.05) is 30.3 Å². The number of hydroxylamine groups is 1. The second-order valence-corrected chi connectivity index (χ2v) is 5.41. The molecular formula is C17H12ClFN2O2. The van der Waals surface area contributed by atoms with Crippen LogP contribution in [-0.2, 0) is 4.79 Å². The van der Waals surface area contributed by atoms with E-state index in [2.05, 4.69) is 6.58 Å². The molecule has 0 atom stereocenters. The summed E-state index contributed by atoms with van der Waals surface area (Å²) in [4.78, 5) is 13.5. The van der Waals surface area contributed by atoms with Gasteiger partial charge in [0.2, 0.25) is 12.3 Å². The Bertz CT molecular complexity index is 848. The largest absolute Gasteiger partial charge is 0.623 e. The highest BCUT2D eigenvalue weighted by molar-refractivity contribution is 6.31. The average Bonchev–Trinajstić information content (AvgIpc) is 2.61. The van der Waals surface area contributed by atoms with Crippen molar-refractivity contribution < 1.29 is 13.9 Å². The Kier molecular flexibility index (Phi) is 3.88. The maximum atomic E-state index is 14.2. The van der Waals surface area contributed by atoms with Crippen molar-refractivity contribution in [3.8, 4) is 0 Å². The summed E-state index contributed by atoms with van der Waals surface area (Å²) in [5.41, 5.74) is 0.998. The smallest absolute Gasteiger partial charge is 0.297 e. The SMILES string of the molecule is C=CN1C(=O)C[N+]([O-])=C(c2ccccc2F)c2cc(Cl)ccc21. The molecule has 0 aliphatic carbocycles. The third-order valence-electron chi connectivity index (χ3n) is 3.58. The van der Waals surface area contributed by atoms with Crippen LogP contribution in [0.3, 0.4) is 0 Å². The molecule has 3 rings (SSSR count). The van der Waals surface area contributed by atoms with Crippen molar-refractivity contribution in [1.29, 1.82) is 0 Å². The molecule has 4 nitrogen and oxygen atoms in total. The van der Waals surface area contributed by atoms with Crippen LogP contribution in [0.2, 0.25) is 5.02 Å². The Labute approximate surface area is 137 Å². The Morgan fingerprint density at radius 2 is 2.00 bits per heavy atom. The van der Waals surface area contributed by atoms with Crippen LogP contribution in [-0.4, -0.2) is 22.9 Å². The van der Waals surface area contributed by atoms with E-state index in [1.807, 2.05) is 0 Å². The normalized spacial score (nSPS) is 14.5. The zero-order valence-corrected chi connectivity index (χ0v) is 12.8. The highest BCUT2D eigenvalue weighted by Crippen LogP contribution is 2.30. The summed E-state index contributed by atoms with van der Waals surface area (Å²) >= 11 is 6.04. The number of benzodiazepines with no additional fused rings is 1. The number of nitrogens with zero attached hydrogens (tertiary/aromatic N) is 2. The number of hydrogen-bond donors (Lipinski definition) is 0. The first kappa shape index (κ1) is 15.2. The summed E-state index contributed by atoms with van der Waals surface area (Å²) in [6, 6.07) is 10.7. The third-order valence-corrected chi connectivity index (χ3v) is 3.82. The fourth-order valence-corrected chi connectivity index (χ4v) is 2.76. The molecule has 0 saturated heterocycles. The molecule has 116 valence electrons. The summed E-state index contributed by atoms with van der Waals surface area (Å²) in [7, 11) is 0. The van der Waals surface area contributed by atoms with E-state index < -0.39 is 18.3 Å². The predicted octanol–water partition coefficient (Wildman–Crippen LogP) is 3.32.